The molecule has 3 aromatic heterocycles. The molecule has 1 aliphatic heterocycles. The molecule has 0 amide bonds. The van der Waals surface area contributed by atoms with Gasteiger partial charge in [0.1, 0.15) is 6.33 Å². The number of aliphatic hydroxyl groups is 1. The maximum atomic E-state index is 10.5. The van der Waals surface area contributed by atoms with Crippen LogP contribution in [0.5, 0.6) is 0 Å². The molecule has 118 valence electrons. The summed E-state index contributed by atoms with van der Waals surface area (Å²) < 4.78 is 1.69. The van der Waals surface area contributed by atoms with Crippen LogP contribution in [0.25, 0.3) is 5.65 Å². The Hall–Kier alpha value is -2.54. The molecule has 0 radical (unpaired) electrons. The first-order chi connectivity index (χ1) is 11.2. The average molecular weight is 310 g/mol. The number of aromatic nitrogens is 5. The number of β-amino-alcohol motifs (C(OH)–C–C–N with tert-alkyl or cyclic N) is 1. The normalized spacial score (nSPS) is 21.2. The lowest BCUT2D eigenvalue weighted by molar-refractivity contribution is 0.148. The molecule has 0 bridgehead atoms. The highest BCUT2D eigenvalue weighted by molar-refractivity contribution is 5.68. The lowest BCUT2D eigenvalue weighted by Gasteiger charge is -2.19. The van der Waals surface area contributed by atoms with Gasteiger partial charge in [-0.05, 0) is 37.1 Å². The van der Waals surface area contributed by atoms with Gasteiger partial charge in [0, 0.05) is 31.4 Å². The van der Waals surface area contributed by atoms with Crippen molar-refractivity contribution in [3.8, 4) is 0 Å². The number of aliphatic hydroxyl groups excluding tert-OH is 1. The molecular formula is C16H18N6O. The molecule has 2 atom stereocenters. The first-order valence-corrected chi connectivity index (χ1v) is 7.70. The zero-order valence-corrected chi connectivity index (χ0v) is 12.9. The number of aryl methyl sites for hydroxylation is 1. The lowest BCUT2D eigenvalue weighted by atomic mass is 9.97. The fourth-order valence-electron chi connectivity index (χ4n) is 3.24. The van der Waals surface area contributed by atoms with Crippen LogP contribution in [0.2, 0.25) is 0 Å². The molecule has 1 aliphatic rings. The molecule has 1 saturated heterocycles. The second kappa shape index (κ2) is 5.58. The molecule has 0 unspecified atom stereocenters. The number of anilines is 1. The van der Waals surface area contributed by atoms with Crippen molar-refractivity contribution in [1.82, 2.24) is 24.8 Å². The van der Waals surface area contributed by atoms with Crippen LogP contribution in [0.4, 0.5) is 5.69 Å². The van der Waals surface area contributed by atoms with Crippen molar-refractivity contribution < 1.29 is 5.11 Å². The maximum Gasteiger partial charge on any atom is 0.200 e. The standard InChI is InChI=1S/C16H18N6O/c1-11-6-14(16-19-18-10-22(16)20-11)21-8-13(15(23)9-21)7-12-2-4-17-5-3-12/h2-6,10,13,15,23H,7-9H2,1H3/t13-,15-/m1/s1. The Kier molecular flexibility index (Phi) is 3.42. The fourth-order valence-corrected chi connectivity index (χ4v) is 3.24. The van der Waals surface area contributed by atoms with Crippen molar-refractivity contribution in [1.29, 1.82) is 0 Å². The molecule has 0 saturated carbocycles. The van der Waals surface area contributed by atoms with Gasteiger partial charge < -0.3 is 10.0 Å². The Labute approximate surface area is 133 Å². The highest BCUT2D eigenvalue weighted by atomic mass is 16.3. The summed E-state index contributed by atoms with van der Waals surface area (Å²) in [6.07, 6.45) is 5.67. The number of hydrogen-bond donors (Lipinski definition) is 1. The Morgan fingerprint density at radius 1 is 1.26 bits per heavy atom. The first-order valence-electron chi connectivity index (χ1n) is 7.70. The number of pyridine rings is 1. The van der Waals surface area contributed by atoms with Crippen LogP contribution in [-0.2, 0) is 6.42 Å². The van der Waals surface area contributed by atoms with E-state index in [1.165, 1.54) is 5.56 Å². The van der Waals surface area contributed by atoms with Gasteiger partial charge in [0.2, 0.25) is 5.65 Å². The van der Waals surface area contributed by atoms with Gasteiger partial charge in [-0.25, -0.2) is 0 Å². The minimum atomic E-state index is -0.361. The fraction of sp³-hybridized carbons (Fsp3) is 0.375. The van der Waals surface area contributed by atoms with E-state index in [1.54, 1.807) is 23.2 Å². The van der Waals surface area contributed by atoms with Crippen molar-refractivity contribution in [2.24, 2.45) is 5.92 Å². The van der Waals surface area contributed by atoms with Crippen LogP contribution in [0, 0.1) is 12.8 Å². The van der Waals surface area contributed by atoms with Gasteiger partial charge >= 0.3 is 0 Å². The zero-order valence-electron chi connectivity index (χ0n) is 12.9. The minimum Gasteiger partial charge on any atom is -0.391 e. The van der Waals surface area contributed by atoms with Crippen LogP contribution in [0.15, 0.2) is 36.9 Å². The Balaban J connectivity index is 1.60. The second-order valence-corrected chi connectivity index (χ2v) is 6.06. The monoisotopic (exact) mass is 310 g/mol. The molecule has 7 nitrogen and oxygen atoms in total. The van der Waals surface area contributed by atoms with Crippen LogP contribution in [0.3, 0.4) is 0 Å². The molecule has 0 aliphatic carbocycles. The molecule has 1 fully saturated rings. The van der Waals surface area contributed by atoms with E-state index < -0.39 is 0 Å². The molecule has 1 N–H and O–H groups in total. The van der Waals surface area contributed by atoms with Gasteiger partial charge in [-0.3, -0.25) is 4.98 Å². The third-order valence-corrected chi connectivity index (χ3v) is 4.37. The van der Waals surface area contributed by atoms with E-state index in [4.69, 9.17) is 0 Å². The van der Waals surface area contributed by atoms with E-state index in [0.29, 0.717) is 6.54 Å². The Morgan fingerprint density at radius 2 is 2.09 bits per heavy atom. The highest BCUT2D eigenvalue weighted by Gasteiger charge is 2.32. The summed E-state index contributed by atoms with van der Waals surface area (Å²) in [5.41, 5.74) is 3.81. The number of nitrogens with zero attached hydrogens (tertiary/aromatic N) is 6. The van der Waals surface area contributed by atoms with E-state index in [9.17, 15) is 5.11 Å². The smallest absolute Gasteiger partial charge is 0.200 e. The van der Waals surface area contributed by atoms with Crippen LogP contribution >= 0.6 is 0 Å². The van der Waals surface area contributed by atoms with E-state index >= 15 is 0 Å². The molecule has 7 heteroatoms. The van der Waals surface area contributed by atoms with Crippen LogP contribution in [-0.4, -0.2) is 49.1 Å². The van der Waals surface area contributed by atoms with Crippen molar-refractivity contribution in [2.45, 2.75) is 19.4 Å². The van der Waals surface area contributed by atoms with Crippen molar-refractivity contribution in [3.05, 3.63) is 48.2 Å². The summed E-state index contributed by atoms with van der Waals surface area (Å²) >= 11 is 0. The van der Waals surface area contributed by atoms with E-state index in [0.717, 1.165) is 30.0 Å². The highest BCUT2D eigenvalue weighted by Crippen LogP contribution is 2.29. The van der Waals surface area contributed by atoms with E-state index in [2.05, 4.69) is 25.2 Å². The van der Waals surface area contributed by atoms with Crippen LogP contribution in [0.1, 0.15) is 11.3 Å². The minimum absolute atomic E-state index is 0.189. The molecule has 3 aromatic rings. The SMILES string of the molecule is Cc1cc(N2C[C@@H](Cc3ccncc3)[C@H](O)C2)c2nncn2n1. The lowest BCUT2D eigenvalue weighted by Crippen LogP contribution is -2.22. The average Bonchev–Trinajstić information content (AvgIpc) is 3.15. The quantitative estimate of drug-likeness (QED) is 0.773. The number of fused-ring (bicyclic) bond motifs is 1. The van der Waals surface area contributed by atoms with Gasteiger partial charge in [-0.2, -0.15) is 9.61 Å². The van der Waals surface area contributed by atoms with Gasteiger partial charge in [0.25, 0.3) is 0 Å². The molecule has 0 aromatic carbocycles. The summed E-state index contributed by atoms with van der Waals surface area (Å²) in [7, 11) is 0. The molecule has 0 spiro atoms. The van der Waals surface area contributed by atoms with Gasteiger partial charge in [0.15, 0.2) is 0 Å². The summed E-state index contributed by atoms with van der Waals surface area (Å²) in [6.45, 7) is 3.33. The summed E-state index contributed by atoms with van der Waals surface area (Å²) in [5.74, 6) is 0.189. The van der Waals surface area contributed by atoms with Crippen molar-refractivity contribution in [2.75, 3.05) is 18.0 Å². The summed E-state index contributed by atoms with van der Waals surface area (Å²) in [4.78, 5) is 6.22. The summed E-state index contributed by atoms with van der Waals surface area (Å²) in [5, 5.41) is 22.9. The number of hydrogen-bond acceptors (Lipinski definition) is 6. The van der Waals surface area contributed by atoms with Crippen LogP contribution < -0.4 is 4.90 Å². The Bertz CT molecular complexity index is 818. The third-order valence-electron chi connectivity index (χ3n) is 4.37. The van der Waals surface area contributed by atoms with Gasteiger partial charge in [-0.15, -0.1) is 10.2 Å². The summed E-state index contributed by atoms with van der Waals surface area (Å²) in [6, 6.07) is 6.01. The van der Waals surface area contributed by atoms with Gasteiger partial charge in [-0.1, -0.05) is 0 Å². The first kappa shape index (κ1) is 14.1. The molecular weight excluding hydrogens is 292 g/mol. The molecule has 4 rings (SSSR count). The largest absolute Gasteiger partial charge is 0.391 e. The Morgan fingerprint density at radius 3 is 2.91 bits per heavy atom. The van der Waals surface area contributed by atoms with Crippen molar-refractivity contribution >= 4 is 11.3 Å². The third kappa shape index (κ3) is 2.63. The predicted molar refractivity (Wildman–Crippen MR) is 85.2 cm³/mol. The molecule has 23 heavy (non-hydrogen) atoms. The number of rotatable bonds is 3. The van der Waals surface area contributed by atoms with E-state index in [1.807, 2.05) is 25.1 Å². The second-order valence-electron chi connectivity index (χ2n) is 6.06. The van der Waals surface area contributed by atoms with E-state index in [-0.39, 0.29) is 12.0 Å². The molecule has 4 heterocycles. The van der Waals surface area contributed by atoms with Gasteiger partial charge in [0.05, 0.1) is 17.5 Å². The van der Waals surface area contributed by atoms with Crippen molar-refractivity contribution in [3.63, 3.8) is 0 Å². The zero-order chi connectivity index (χ0) is 15.8. The maximum absolute atomic E-state index is 10.5. The topological polar surface area (TPSA) is 79.4 Å². The predicted octanol–water partition coefficient (Wildman–Crippen LogP) is 0.868.